The second kappa shape index (κ2) is 8.21. The number of hydrogen-bond acceptors (Lipinski definition) is 4. The summed E-state index contributed by atoms with van der Waals surface area (Å²) in [4.78, 5) is 12.7. The number of fused-ring (bicyclic) bond motifs is 3. The second-order valence-corrected chi connectivity index (χ2v) is 5.76. The fourth-order valence-electron chi connectivity index (χ4n) is 2.91. The van der Waals surface area contributed by atoms with Gasteiger partial charge in [0.15, 0.2) is 6.61 Å². The summed E-state index contributed by atoms with van der Waals surface area (Å²) in [7, 11) is 0. The molecule has 0 fully saturated rings. The molecule has 5 nitrogen and oxygen atoms in total. The summed E-state index contributed by atoms with van der Waals surface area (Å²) in [5.74, 6) is 0.256. The Morgan fingerprint density at radius 2 is 2.12 bits per heavy atom. The maximum Gasteiger partial charge on any atom is 0.340 e. The van der Waals surface area contributed by atoms with Gasteiger partial charge < -0.3 is 13.9 Å². The largest absolute Gasteiger partial charge is 0.479 e. The monoisotopic (exact) mass is 348 g/mol. The molecule has 0 aliphatic heterocycles. The Morgan fingerprint density at radius 1 is 1.23 bits per heavy atom. The molecular weight excluding hydrogens is 328 g/mol. The van der Waals surface area contributed by atoms with Crippen molar-refractivity contribution < 1.29 is 14.3 Å². The zero-order valence-electron chi connectivity index (χ0n) is 14.6. The van der Waals surface area contributed by atoms with Crippen LogP contribution in [-0.2, 0) is 4.74 Å². The third-order valence-electron chi connectivity index (χ3n) is 4.04. The van der Waals surface area contributed by atoms with Crippen LogP contribution in [0.3, 0.4) is 0 Å². The van der Waals surface area contributed by atoms with E-state index in [1.54, 1.807) is 6.07 Å². The first-order valence-corrected chi connectivity index (χ1v) is 8.61. The summed E-state index contributed by atoms with van der Waals surface area (Å²) >= 11 is 0. The number of pyridine rings is 1. The molecule has 0 bridgehead atoms. The molecule has 3 aromatic rings. The van der Waals surface area contributed by atoms with E-state index in [0.717, 1.165) is 22.8 Å². The Balaban J connectivity index is 1.96. The van der Waals surface area contributed by atoms with Gasteiger partial charge in [-0.2, -0.15) is 5.26 Å². The van der Waals surface area contributed by atoms with Gasteiger partial charge in [0.25, 0.3) is 0 Å². The van der Waals surface area contributed by atoms with Gasteiger partial charge in [0.05, 0.1) is 23.2 Å². The predicted molar refractivity (Wildman–Crippen MR) is 100 cm³/mol. The van der Waals surface area contributed by atoms with Gasteiger partial charge in [0.2, 0.25) is 0 Å². The summed E-state index contributed by atoms with van der Waals surface area (Å²) in [5.41, 5.74) is 2.18. The Labute approximate surface area is 152 Å². The minimum absolute atomic E-state index is 0.0189. The SMILES string of the molecule is CCC=CCCOC(=O)c1c2ccc(OCC#N)cc2n2ccccc12. The predicted octanol–water partition coefficient (Wildman–Crippen LogP) is 4.51. The molecule has 1 aromatic carbocycles. The quantitative estimate of drug-likeness (QED) is 0.358. The van der Waals surface area contributed by atoms with Gasteiger partial charge in [-0.05, 0) is 37.1 Å². The topological polar surface area (TPSA) is 63.7 Å². The maximum atomic E-state index is 12.7. The van der Waals surface area contributed by atoms with Crippen molar-refractivity contribution in [1.29, 1.82) is 5.26 Å². The molecule has 0 radical (unpaired) electrons. The molecule has 2 aromatic heterocycles. The zero-order chi connectivity index (χ0) is 18.4. The van der Waals surface area contributed by atoms with E-state index in [0.29, 0.717) is 24.3 Å². The van der Waals surface area contributed by atoms with Crippen LogP contribution in [0.1, 0.15) is 30.1 Å². The van der Waals surface area contributed by atoms with Crippen molar-refractivity contribution in [1.82, 2.24) is 4.40 Å². The van der Waals surface area contributed by atoms with E-state index < -0.39 is 0 Å². The first kappa shape index (κ1) is 17.6. The third kappa shape index (κ3) is 3.55. The van der Waals surface area contributed by atoms with E-state index in [4.69, 9.17) is 14.7 Å². The van der Waals surface area contributed by atoms with Crippen molar-refractivity contribution in [2.45, 2.75) is 19.8 Å². The summed E-state index contributed by atoms with van der Waals surface area (Å²) in [6.07, 6.45) is 7.64. The molecule has 132 valence electrons. The van der Waals surface area contributed by atoms with Gasteiger partial charge >= 0.3 is 5.97 Å². The lowest BCUT2D eigenvalue weighted by Crippen LogP contribution is -2.06. The number of ether oxygens (including phenoxy) is 2. The number of allylic oxidation sites excluding steroid dienone is 1. The molecule has 0 aliphatic carbocycles. The first-order chi connectivity index (χ1) is 12.8. The van der Waals surface area contributed by atoms with Crippen molar-refractivity contribution in [3.05, 3.63) is 60.3 Å². The third-order valence-corrected chi connectivity index (χ3v) is 4.04. The molecule has 0 amide bonds. The van der Waals surface area contributed by atoms with E-state index >= 15 is 0 Å². The van der Waals surface area contributed by atoms with Gasteiger partial charge in [0, 0.05) is 17.6 Å². The van der Waals surface area contributed by atoms with Crippen LogP contribution in [0.5, 0.6) is 5.75 Å². The summed E-state index contributed by atoms with van der Waals surface area (Å²) < 4.78 is 12.8. The highest BCUT2D eigenvalue weighted by Crippen LogP contribution is 2.30. The number of aromatic nitrogens is 1. The number of nitrogens with zero attached hydrogens (tertiary/aromatic N) is 2. The van der Waals surface area contributed by atoms with Crippen molar-refractivity contribution in [2.24, 2.45) is 0 Å². The number of hydrogen-bond donors (Lipinski definition) is 0. The highest BCUT2D eigenvalue weighted by atomic mass is 16.5. The number of carbonyl (C=O) groups excluding carboxylic acids is 1. The Hall–Kier alpha value is -3.26. The Bertz CT molecular complexity index is 996. The molecule has 0 aliphatic rings. The molecular formula is C21H20N2O3. The lowest BCUT2D eigenvalue weighted by molar-refractivity contribution is 0.0516. The van der Waals surface area contributed by atoms with Gasteiger partial charge in [-0.1, -0.05) is 25.1 Å². The van der Waals surface area contributed by atoms with E-state index in [-0.39, 0.29) is 12.6 Å². The van der Waals surface area contributed by atoms with Crippen molar-refractivity contribution >= 4 is 22.4 Å². The second-order valence-electron chi connectivity index (χ2n) is 5.76. The lowest BCUT2D eigenvalue weighted by atomic mass is 10.1. The highest BCUT2D eigenvalue weighted by Gasteiger charge is 2.19. The van der Waals surface area contributed by atoms with Crippen LogP contribution in [0.15, 0.2) is 54.7 Å². The Kier molecular flexibility index (Phi) is 5.55. The Morgan fingerprint density at radius 3 is 2.92 bits per heavy atom. The molecule has 26 heavy (non-hydrogen) atoms. The average Bonchev–Trinajstić information content (AvgIpc) is 3.00. The average molecular weight is 348 g/mol. The van der Waals surface area contributed by atoms with Crippen LogP contribution in [0.25, 0.3) is 16.4 Å². The maximum absolute atomic E-state index is 12.7. The highest BCUT2D eigenvalue weighted by molar-refractivity contribution is 6.11. The van der Waals surface area contributed by atoms with Crippen LogP contribution in [0.2, 0.25) is 0 Å². The van der Waals surface area contributed by atoms with Gasteiger partial charge in [0.1, 0.15) is 11.8 Å². The standard InChI is InChI=1S/C21H20N2O3/c1-2-3-4-7-13-26-21(24)20-17-10-9-16(25-14-11-22)15-19(17)23-12-6-5-8-18(20)23/h3-6,8-10,12,15H,2,7,13-14H2,1H3. The molecule has 2 heterocycles. The van der Waals surface area contributed by atoms with E-state index in [2.05, 4.69) is 13.0 Å². The van der Waals surface area contributed by atoms with Crippen molar-refractivity contribution in [3.8, 4) is 11.8 Å². The van der Waals surface area contributed by atoms with Crippen LogP contribution in [-0.4, -0.2) is 23.6 Å². The first-order valence-electron chi connectivity index (χ1n) is 8.61. The number of nitriles is 1. The van der Waals surface area contributed by atoms with E-state index in [9.17, 15) is 4.79 Å². The van der Waals surface area contributed by atoms with Crippen molar-refractivity contribution in [2.75, 3.05) is 13.2 Å². The smallest absolute Gasteiger partial charge is 0.340 e. The summed E-state index contributed by atoms with van der Waals surface area (Å²) in [6, 6.07) is 13.1. The van der Waals surface area contributed by atoms with Crippen LogP contribution >= 0.6 is 0 Å². The minimum Gasteiger partial charge on any atom is -0.479 e. The van der Waals surface area contributed by atoms with Crippen LogP contribution in [0.4, 0.5) is 0 Å². The van der Waals surface area contributed by atoms with Gasteiger partial charge in [-0.25, -0.2) is 4.79 Å². The summed E-state index contributed by atoms with van der Waals surface area (Å²) in [5, 5.41) is 9.48. The molecule has 0 atom stereocenters. The van der Waals surface area contributed by atoms with E-state index in [1.165, 1.54) is 0 Å². The normalized spacial score (nSPS) is 11.1. The fraction of sp³-hybridized carbons (Fsp3) is 0.238. The fourth-order valence-corrected chi connectivity index (χ4v) is 2.91. The zero-order valence-corrected chi connectivity index (χ0v) is 14.6. The van der Waals surface area contributed by atoms with Gasteiger partial charge in [-0.15, -0.1) is 0 Å². The van der Waals surface area contributed by atoms with Gasteiger partial charge in [-0.3, -0.25) is 0 Å². The number of benzene rings is 1. The molecule has 0 N–H and O–H groups in total. The number of rotatable bonds is 7. The molecule has 0 saturated heterocycles. The number of esters is 1. The van der Waals surface area contributed by atoms with E-state index in [1.807, 2.05) is 53.1 Å². The summed E-state index contributed by atoms with van der Waals surface area (Å²) in [6.45, 7) is 2.40. The van der Waals surface area contributed by atoms with Crippen molar-refractivity contribution in [3.63, 3.8) is 0 Å². The molecule has 0 unspecified atom stereocenters. The van der Waals surface area contributed by atoms with Crippen LogP contribution < -0.4 is 4.74 Å². The molecule has 0 spiro atoms. The lowest BCUT2D eigenvalue weighted by Gasteiger charge is -2.04. The molecule has 5 heteroatoms. The molecule has 0 saturated carbocycles. The number of carbonyl (C=O) groups is 1. The minimum atomic E-state index is -0.334. The molecule has 3 rings (SSSR count). The van der Waals surface area contributed by atoms with Crippen LogP contribution in [0, 0.1) is 11.3 Å².